The van der Waals surface area contributed by atoms with Crippen molar-refractivity contribution in [1.82, 2.24) is 14.7 Å². The molecule has 0 saturated carbocycles. The molecule has 0 spiro atoms. The van der Waals surface area contributed by atoms with Gasteiger partial charge in [0.1, 0.15) is 5.60 Å². The summed E-state index contributed by atoms with van der Waals surface area (Å²) in [7, 11) is 1.91. The number of hydrogen-bond donors (Lipinski definition) is 1. The topological polar surface area (TPSA) is 59.4 Å². The van der Waals surface area contributed by atoms with Crippen LogP contribution in [0, 0.1) is 0 Å². The number of carbonyl (C=O) groups excluding carboxylic acids is 1. The van der Waals surface area contributed by atoms with Crippen LogP contribution in [0.3, 0.4) is 0 Å². The molecule has 1 N–H and O–H groups in total. The first kappa shape index (κ1) is 17.3. The summed E-state index contributed by atoms with van der Waals surface area (Å²) in [4.78, 5) is 14.1. The third-order valence-electron chi connectivity index (χ3n) is 4.13. The highest BCUT2D eigenvalue weighted by molar-refractivity contribution is 5.69. The van der Waals surface area contributed by atoms with Crippen LogP contribution >= 0.6 is 0 Å². The maximum Gasteiger partial charge on any atom is 0.410 e. The van der Waals surface area contributed by atoms with Gasteiger partial charge in [-0.2, -0.15) is 5.10 Å². The highest BCUT2D eigenvalue weighted by Crippen LogP contribution is 2.24. The first-order chi connectivity index (χ1) is 11.8. The zero-order chi connectivity index (χ0) is 18.0. The molecule has 0 saturated heterocycles. The first-order valence-electron chi connectivity index (χ1n) is 8.61. The quantitative estimate of drug-likeness (QED) is 0.929. The van der Waals surface area contributed by atoms with Gasteiger partial charge in [-0.05, 0) is 50.5 Å². The molecule has 6 nitrogen and oxygen atoms in total. The number of nitrogens with zero attached hydrogens (tertiary/aromatic N) is 3. The lowest BCUT2D eigenvalue weighted by Gasteiger charge is -2.31. The van der Waals surface area contributed by atoms with Crippen molar-refractivity contribution >= 4 is 11.8 Å². The second kappa shape index (κ2) is 6.78. The number of fused-ring (bicyclic) bond motifs is 1. The number of hydrogen-bond acceptors (Lipinski definition) is 4. The van der Waals surface area contributed by atoms with Gasteiger partial charge in [0.15, 0.2) is 0 Å². The number of aromatic nitrogens is 2. The van der Waals surface area contributed by atoms with E-state index in [1.165, 1.54) is 11.1 Å². The average Bonchev–Trinajstić information content (AvgIpc) is 2.96. The zero-order valence-corrected chi connectivity index (χ0v) is 15.4. The van der Waals surface area contributed by atoms with Crippen molar-refractivity contribution in [2.45, 2.75) is 45.9 Å². The molecule has 0 fully saturated rings. The summed E-state index contributed by atoms with van der Waals surface area (Å²) in [6.45, 7) is 7.69. The Morgan fingerprint density at radius 1 is 1.32 bits per heavy atom. The normalized spacial score (nSPS) is 14.2. The van der Waals surface area contributed by atoms with Crippen LogP contribution < -0.4 is 5.32 Å². The van der Waals surface area contributed by atoms with E-state index in [1.54, 1.807) is 9.58 Å². The summed E-state index contributed by atoms with van der Waals surface area (Å²) in [5, 5.41) is 7.59. The standard InChI is InChI=1S/C19H26N4O2/c1-19(2,3)25-18(24)23-8-7-15-5-6-17(9-16(15)13-23)20-10-14-11-21-22(4)12-14/h5-6,9,11-12,20H,7-8,10,13H2,1-4H3. The van der Waals surface area contributed by atoms with Crippen molar-refractivity contribution < 1.29 is 9.53 Å². The summed E-state index contributed by atoms with van der Waals surface area (Å²) >= 11 is 0. The highest BCUT2D eigenvalue weighted by atomic mass is 16.6. The second-order valence-corrected chi connectivity index (χ2v) is 7.51. The van der Waals surface area contributed by atoms with Gasteiger partial charge in [0.05, 0.1) is 6.20 Å². The SMILES string of the molecule is Cn1cc(CNc2ccc3c(c2)CN(C(=O)OC(C)(C)C)CC3)cn1. The Morgan fingerprint density at radius 2 is 2.12 bits per heavy atom. The van der Waals surface area contributed by atoms with E-state index in [9.17, 15) is 4.79 Å². The third-order valence-corrected chi connectivity index (χ3v) is 4.13. The molecule has 2 aromatic rings. The summed E-state index contributed by atoms with van der Waals surface area (Å²) in [6.07, 6.45) is 4.47. The van der Waals surface area contributed by atoms with Crippen LogP contribution in [-0.4, -0.2) is 32.9 Å². The molecule has 0 unspecified atom stereocenters. The molecule has 0 radical (unpaired) electrons. The molecule has 0 aliphatic carbocycles. The van der Waals surface area contributed by atoms with E-state index in [-0.39, 0.29) is 6.09 Å². The van der Waals surface area contributed by atoms with Crippen LogP contribution in [0.4, 0.5) is 10.5 Å². The molecule has 3 rings (SSSR count). The van der Waals surface area contributed by atoms with E-state index in [0.29, 0.717) is 13.1 Å². The highest BCUT2D eigenvalue weighted by Gasteiger charge is 2.25. The Hall–Kier alpha value is -2.50. The Bertz CT molecular complexity index is 761. The molecule has 0 atom stereocenters. The van der Waals surface area contributed by atoms with Gasteiger partial charge in [0, 0.05) is 44.1 Å². The summed E-state index contributed by atoms with van der Waals surface area (Å²) in [6, 6.07) is 6.37. The first-order valence-corrected chi connectivity index (χ1v) is 8.61. The van der Waals surface area contributed by atoms with E-state index in [2.05, 4.69) is 28.6 Å². The predicted molar refractivity (Wildman–Crippen MR) is 97.3 cm³/mol. The van der Waals surface area contributed by atoms with Gasteiger partial charge >= 0.3 is 6.09 Å². The lowest BCUT2D eigenvalue weighted by molar-refractivity contribution is 0.0224. The number of amides is 1. The lowest BCUT2D eigenvalue weighted by Crippen LogP contribution is -2.39. The molecule has 1 aromatic carbocycles. The van der Waals surface area contributed by atoms with E-state index in [4.69, 9.17) is 4.74 Å². The largest absolute Gasteiger partial charge is 0.444 e. The average molecular weight is 342 g/mol. The van der Waals surface area contributed by atoms with E-state index in [1.807, 2.05) is 40.2 Å². The molecule has 2 heterocycles. The van der Waals surface area contributed by atoms with Crippen LogP contribution in [0.5, 0.6) is 0 Å². The molecule has 1 aromatic heterocycles. The van der Waals surface area contributed by atoms with Crippen LogP contribution in [0.15, 0.2) is 30.6 Å². The minimum Gasteiger partial charge on any atom is -0.444 e. The van der Waals surface area contributed by atoms with Gasteiger partial charge in [0.25, 0.3) is 0 Å². The fraction of sp³-hybridized carbons (Fsp3) is 0.474. The van der Waals surface area contributed by atoms with Crippen molar-refractivity contribution in [2.75, 3.05) is 11.9 Å². The summed E-state index contributed by atoms with van der Waals surface area (Å²) in [5.41, 5.74) is 4.19. The molecular weight excluding hydrogens is 316 g/mol. The Morgan fingerprint density at radius 3 is 2.80 bits per heavy atom. The number of rotatable bonds is 3. The molecule has 134 valence electrons. The molecule has 1 aliphatic rings. The maximum atomic E-state index is 12.3. The minimum atomic E-state index is -0.468. The Balaban J connectivity index is 1.65. The second-order valence-electron chi connectivity index (χ2n) is 7.51. The van der Waals surface area contributed by atoms with Gasteiger partial charge in [-0.25, -0.2) is 4.79 Å². The van der Waals surface area contributed by atoms with E-state index >= 15 is 0 Å². The number of anilines is 1. The number of nitrogens with one attached hydrogen (secondary N) is 1. The van der Waals surface area contributed by atoms with Crippen molar-refractivity contribution in [3.05, 3.63) is 47.3 Å². The zero-order valence-electron chi connectivity index (χ0n) is 15.4. The van der Waals surface area contributed by atoms with Gasteiger partial charge in [0.2, 0.25) is 0 Å². The van der Waals surface area contributed by atoms with Crippen molar-refractivity contribution in [1.29, 1.82) is 0 Å². The number of ether oxygens (including phenoxy) is 1. The van der Waals surface area contributed by atoms with Crippen molar-refractivity contribution in [2.24, 2.45) is 7.05 Å². The van der Waals surface area contributed by atoms with Crippen molar-refractivity contribution in [3.8, 4) is 0 Å². The smallest absolute Gasteiger partial charge is 0.410 e. The molecule has 1 amide bonds. The van der Waals surface area contributed by atoms with Gasteiger partial charge in [-0.3, -0.25) is 4.68 Å². The lowest BCUT2D eigenvalue weighted by atomic mass is 9.99. The molecule has 0 bridgehead atoms. The summed E-state index contributed by atoms with van der Waals surface area (Å²) < 4.78 is 7.29. The van der Waals surface area contributed by atoms with Crippen LogP contribution in [0.1, 0.15) is 37.5 Å². The molecule has 6 heteroatoms. The fourth-order valence-corrected chi connectivity index (χ4v) is 2.92. The van der Waals surface area contributed by atoms with E-state index < -0.39 is 5.60 Å². The molecule has 25 heavy (non-hydrogen) atoms. The third kappa shape index (κ3) is 4.53. The van der Waals surface area contributed by atoms with Crippen molar-refractivity contribution in [3.63, 3.8) is 0 Å². The van der Waals surface area contributed by atoms with Crippen LogP contribution in [-0.2, 0) is 31.3 Å². The minimum absolute atomic E-state index is 0.244. The van der Waals surface area contributed by atoms with Crippen LogP contribution in [0.2, 0.25) is 0 Å². The number of carbonyl (C=O) groups is 1. The van der Waals surface area contributed by atoms with Crippen LogP contribution in [0.25, 0.3) is 0 Å². The number of benzene rings is 1. The van der Waals surface area contributed by atoms with E-state index in [0.717, 1.165) is 24.2 Å². The monoisotopic (exact) mass is 342 g/mol. The summed E-state index contributed by atoms with van der Waals surface area (Å²) in [5.74, 6) is 0. The Kier molecular flexibility index (Phi) is 4.70. The number of aryl methyl sites for hydroxylation is 1. The molecular formula is C19H26N4O2. The van der Waals surface area contributed by atoms with Gasteiger partial charge in [-0.15, -0.1) is 0 Å². The van der Waals surface area contributed by atoms with Gasteiger partial charge in [-0.1, -0.05) is 6.07 Å². The predicted octanol–water partition coefficient (Wildman–Crippen LogP) is 3.33. The Labute approximate surface area is 148 Å². The molecule has 1 aliphatic heterocycles. The fourth-order valence-electron chi connectivity index (χ4n) is 2.92. The van der Waals surface area contributed by atoms with Gasteiger partial charge < -0.3 is 15.0 Å². The maximum absolute atomic E-state index is 12.3.